The molecule has 0 N–H and O–H groups in total. The second-order valence-corrected chi connectivity index (χ2v) is 8.35. The van der Waals surface area contributed by atoms with Gasteiger partial charge in [-0.25, -0.2) is 4.98 Å². The minimum absolute atomic E-state index is 0.0403. The van der Waals surface area contributed by atoms with Crippen LogP contribution in [0.5, 0.6) is 5.75 Å². The molecule has 1 amide bonds. The summed E-state index contributed by atoms with van der Waals surface area (Å²) in [7, 11) is 2.08. The van der Waals surface area contributed by atoms with Crippen molar-refractivity contribution in [1.29, 1.82) is 0 Å². The van der Waals surface area contributed by atoms with Gasteiger partial charge in [-0.1, -0.05) is 35.9 Å². The molecule has 3 rings (SSSR count). The Balaban J connectivity index is 1.53. The Labute approximate surface area is 182 Å². The van der Waals surface area contributed by atoms with Crippen molar-refractivity contribution >= 4 is 28.1 Å². The maximum atomic E-state index is 12.2. The van der Waals surface area contributed by atoms with Crippen molar-refractivity contribution in [3.05, 3.63) is 70.7 Å². The third kappa shape index (κ3) is 5.90. The molecule has 6 heteroatoms. The van der Waals surface area contributed by atoms with E-state index in [1.54, 1.807) is 11.8 Å². The maximum Gasteiger partial charge on any atom is 0.230 e. The normalized spacial score (nSPS) is 11.0. The molecule has 0 spiro atoms. The minimum Gasteiger partial charge on any atom is -0.493 e. The summed E-state index contributed by atoms with van der Waals surface area (Å²) in [5, 5.41) is 2.73. The Morgan fingerprint density at radius 2 is 1.83 bits per heavy atom. The van der Waals surface area contributed by atoms with Crippen LogP contribution in [-0.2, 0) is 11.3 Å². The van der Waals surface area contributed by atoms with Gasteiger partial charge in [0.15, 0.2) is 5.13 Å². The Bertz CT molecular complexity index is 969. The van der Waals surface area contributed by atoms with Crippen LogP contribution >= 0.6 is 11.3 Å². The standard InChI is InChI=1S/C24H29N3O2S/c1-18-10-12-22(13-11-18)27(20(3)28)24-25-21(17-30-24)16-26(4)14-7-15-29-23-9-6-5-8-19(23)2/h5-6,8-13,17H,7,14-16H2,1-4H3. The number of carbonyl (C=O) groups excluding carboxylic acids is 1. The number of para-hydroxylation sites is 1. The first-order valence-corrected chi connectivity index (χ1v) is 11.0. The minimum atomic E-state index is -0.0403. The lowest BCUT2D eigenvalue weighted by Crippen LogP contribution is -2.23. The number of rotatable bonds is 9. The Morgan fingerprint density at radius 1 is 1.10 bits per heavy atom. The fraction of sp³-hybridized carbons (Fsp3) is 0.333. The summed E-state index contributed by atoms with van der Waals surface area (Å²) in [6.45, 7) is 7.99. The van der Waals surface area contributed by atoms with Crippen LogP contribution in [0.4, 0.5) is 10.8 Å². The Kier molecular flexibility index (Phi) is 7.60. The smallest absolute Gasteiger partial charge is 0.230 e. The summed E-state index contributed by atoms with van der Waals surface area (Å²) in [6.07, 6.45) is 0.935. The van der Waals surface area contributed by atoms with Crippen molar-refractivity contribution in [3.63, 3.8) is 0 Å². The second kappa shape index (κ2) is 10.4. The number of thiazole rings is 1. The highest BCUT2D eigenvalue weighted by Crippen LogP contribution is 2.29. The van der Waals surface area contributed by atoms with E-state index in [-0.39, 0.29) is 5.91 Å². The van der Waals surface area contributed by atoms with E-state index in [9.17, 15) is 4.79 Å². The monoisotopic (exact) mass is 423 g/mol. The van der Waals surface area contributed by atoms with Gasteiger partial charge in [-0.15, -0.1) is 11.3 Å². The lowest BCUT2D eigenvalue weighted by Gasteiger charge is -2.18. The lowest BCUT2D eigenvalue weighted by molar-refractivity contribution is -0.115. The van der Waals surface area contributed by atoms with E-state index >= 15 is 0 Å². The van der Waals surface area contributed by atoms with Crippen molar-refractivity contribution in [2.24, 2.45) is 0 Å². The van der Waals surface area contributed by atoms with E-state index in [1.807, 2.05) is 54.8 Å². The number of nitrogens with zero attached hydrogens (tertiary/aromatic N) is 3. The molecule has 0 atom stereocenters. The number of hydrogen-bond donors (Lipinski definition) is 0. The fourth-order valence-corrected chi connectivity index (χ4v) is 4.06. The van der Waals surface area contributed by atoms with E-state index in [1.165, 1.54) is 11.3 Å². The highest BCUT2D eigenvalue weighted by atomic mass is 32.1. The number of benzene rings is 2. The first-order valence-electron chi connectivity index (χ1n) is 10.1. The SMILES string of the molecule is CC(=O)N(c1ccc(C)cc1)c1nc(CN(C)CCCOc2ccccc2C)cs1. The highest BCUT2D eigenvalue weighted by Gasteiger charge is 2.18. The average molecular weight is 424 g/mol. The number of ether oxygens (including phenoxy) is 1. The fourth-order valence-electron chi connectivity index (χ4n) is 3.18. The molecule has 0 aliphatic heterocycles. The van der Waals surface area contributed by atoms with Crippen LogP contribution in [0.3, 0.4) is 0 Å². The van der Waals surface area contributed by atoms with Crippen LogP contribution in [0.2, 0.25) is 0 Å². The van der Waals surface area contributed by atoms with Crippen LogP contribution in [0, 0.1) is 13.8 Å². The van der Waals surface area contributed by atoms with Crippen molar-refractivity contribution in [3.8, 4) is 5.75 Å². The topological polar surface area (TPSA) is 45.7 Å². The number of hydrogen-bond acceptors (Lipinski definition) is 5. The molecule has 3 aromatic rings. The Hall–Kier alpha value is -2.70. The lowest BCUT2D eigenvalue weighted by atomic mass is 10.2. The summed E-state index contributed by atoms with van der Waals surface area (Å²) in [4.78, 5) is 20.9. The molecule has 0 unspecified atom stereocenters. The molecule has 30 heavy (non-hydrogen) atoms. The summed E-state index contributed by atoms with van der Waals surface area (Å²) >= 11 is 1.50. The third-order valence-corrected chi connectivity index (χ3v) is 5.68. The molecule has 0 fully saturated rings. The number of carbonyl (C=O) groups is 1. The summed E-state index contributed by atoms with van der Waals surface area (Å²) in [5.74, 6) is 0.909. The zero-order chi connectivity index (χ0) is 21.5. The molecule has 158 valence electrons. The molecule has 0 saturated heterocycles. The van der Waals surface area contributed by atoms with Crippen LogP contribution in [-0.4, -0.2) is 36.0 Å². The average Bonchev–Trinajstić information content (AvgIpc) is 3.15. The molecule has 5 nitrogen and oxygen atoms in total. The van der Waals surface area contributed by atoms with Crippen molar-refractivity contribution in [2.75, 3.05) is 25.1 Å². The van der Waals surface area contributed by atoms with Gasteiger partial charge in [0.2, 0.25) is 5.91 Å². The zero-order valence-electron chi connectivity index (χ0n) is 18.1. The van der Waals surface area contributed by atoms with Gasteiger partial charge in [0.1, 0.15) is 5.75 Å². The van der Waals surface area contributed by atoms with Gasteiger partial charge in [0.05, 0.1) is 18.0 Å². The first-order chi connectivity index (χ1) is 14.4. The third-order valence-electron chi connectivity index (χ3n) is 4.81. The molecule has 0 radical (unpaired) electrons. The number of aromatic nitrogens is 1. The molecule has 0 aliphatic rings. The highest BCUT2D eigenvalue weighted by molar-refractivity contribution is 7.14. The summed E-state index contributed by atoms with van der Waals surface area (Å²) in [6, 6.07) is 16.0. The van der Waals surface area contributed by atoms with E-state index < -0.39 is 0 Å². The van der Waals surface area contributed by atoms with Gasteiger partial charge in [-0.05, 0) is 51.1 Å². The number of anilines is 2. The molecule has 1 heterocycles. The Morgan fingerprint density at radius 3 is 2.53 bits per heavy atom. The van der Waals surface area contributed by atoms with Gasteiger partial charge >= 0.3 is 0 Å². The molecule has 1 aromatic heterocycles. The van der Waals surface area contributed by atoms with Crippen LogP contribution in [0.15, 0.2) is 53.9 Å². The predicted molar refractivity (Wildman–Crippen MR) is 124 cm³/mol. The molecular weight excluding hydrogens is 394 g/mol. The summed E-state index contributed by atoms with van der Waals surface area (Å²) < 4.78 is 5.87. The van der Waals surface area contributed by atoms with Gasteiger partial charge in [0.25, 0.3) is 0 Å². The van der Waals surface area contributed by atoms with E-state index in [4.69, 9.17) is 9.72 Å². The predicted octanol–water partition coefficient (Wildman–Crippen LogP) is 5.35. The van der Waals surface area contributed by atoms with Crippen LogP contribution in [0.1, 0.15) is 30.2 Å². The zero-order valence-corrected chi connectivity index (χ0v) is 18.9. The molecule has 0 aliphatic carbocycles. The van der Waals surface area contributed by atoms with E-state index in [0.29, 0.717) is 11.7 Å². The van der Waals surface area contributed by atoms with Gasteiger partial charge in [-0.2, -0.15) is 0 Å². The van der Waals surface area contributed by atoms with Crippen LogP contribution in [0.25, 0.3) is 0 Å². The number of amides is 1. The second-order valence-electron chi connectivity index (χ2n) is 7.52. The van der Waals surface area contributed by atoms with Gasteiger partial charge in [0, 0.05) is 25.4 Å². The van der Waals surface area contributed by atoms with Crippen molar-refractivity contribution in [2.45, 2.75) is 33.7 Å². The number of aryl methyl sites for hydroxylation is 2. The molecule has 0 bridgehead atoms. The largest absolute Gasteiger partial charge is 0.493 e. The van der Waals surface area contributed by atoms with Crippen molar-refractivity contribution in [1.82, 2.24) is 9.88 Å². The maximum absolute atomic E-state index is 12.2. The molecular formula is C24H29N3O2S. The first kappa shape index (κ1) is 22.0. The molecule has 0 saturated carbocycles. The van der Waals surface area contributed by atoms with E-state index in [0.717, 1.165) is 47.8 Å². The van der Waals surface area contributed by atoms with E-state index in [2.05, 4.69) is 24.9 Å². The van der Waals surface area contributed by atoms with Crippen LogP contribution < -0.4 is 9.64 Å². The summed E-state index contributed by atoms with van der Waals surface area (Å²) in [5.41, 5.74) is 4.13. The van der Waals surface area contributed by atoms with Gasteiger partial charge < -0.3 is 9.64 Å². The molecule has 2 aromatic carbocycles. The van der Waals surface area contributed by atoms with Crippen molar-refractivity contribution < 1.29 is 9.53 Å². The van der Waals surface area contributed by atoms with Gasteiger partial charge in [-0.3, -0.25) is 9.69 Å². The quantitative estimate of drug-likeness (QED) is 0.436.